The van der Waals surface area contributed by atoms with Crippen LogP contribution in [0.3, 0.4) is 0 Å². The predicted octanol–water partition coefficient (Wildman–Crippen LogP) is 5.66. The Bertz CT molecular complexity index is 1220. The first-order chi connectivity index (χ1) is 15.7. The molecule has 0 amide bonds. The molecule has 3 aromatic heterocycles. The number of hydrogen-bond acceptors (Lipinski definition) is 3. The fraction of sp³-hybridized carbons (Fsp3) is 0.160. The summed E-state index contributed by atoms with van der Waals surface area (Å²) in [7, 11) is 0. The van der Waals surface area contributed by atoms with Crippen LogP contribution in [0.4, 0.5) is 5.69 Å². The molecular weight excluding hydrogens is 438 g/mol. The van der Waals surface area contributed by atoms with Crippen molar-refractivity contribution in [1.82, 2.24) is 19.9 Å². The molecule has 32 heavy (non-hydrogen) atoms. The van der Waals surface area contributed by atoms with Gasteiger partial charge in [0.15, 0.2) is 5.11 Å². The molecule has 1 N–H and O–H groups in total. The first kappa shape index (κ1) is 20.7. The first-order valence-electron chi connectivity index (χ1n) is 10.5. The van der Waals surface area contributed by atoms with Gasteiger partial charge < -0.3 is 14.8 Å². The summed E-state index contributed by atoms with van der Waals surface area (Å²) in [6.07, 6.45) is 6.49. The number of hydrogen-bond donors (Lipinski definition) is 1. The number of rotatable bonds is 5. The van der Waals surface area contributed by atoms with Crippen LogP contribution < -0.4 is 10.2 Å². The van der Waals surface area contributed by atoms with Crippen LogP contribution in [0.25, 0.3) is 5.82 Å². The summed E-state index contributed by atoms with van der Waals surface area (Å²) in [5.74, 6) is 0.799. The number of anilines is 1. The molecule has 160 valence electrons. The van der Waals surface area contributed by atoms with Crippen molar-refractivity contribution in [2.45, 2.75) is 25.4 Å². The van der Waals surface area contributed by atoms with Gasteiger partial charge in [0.2, 0.25) is 0 Å². The van der Waals surface area contributed by atoms with Gasteiger partial charge in [-0.25, -0.2) is 4.98 Å². The minimum absolute atomic E-state index is 0.114. The van der Waals surface area contributed by atoms with Gasteiger partial charge in [0, 0.05) is 30.0 Å². The van der Waals surface area contributed by atoms with Gasteiger partial charge in [0.1, 0.15) is 11.9 Å². The van der Waals surface area contributed by atoms with E-state index in [9.17, 15) is 0 Å². The number of halogens is 1. The van der Waals surface area contributed by atoms with Gasteiger partial charge in [-0.1, -0.05) is 36.7 Å². The van der Waals surface area contributed by atoms with E-state index in [2.05, 4.69) is 62.0 Å². The lowest BCUT2D eigenvalue weighted by molar-refractivity contribution is 0.548. The van der Waals surface area contributed by atoms with Crippen LogP contribution in [0.1, 0.15) is 36.0 Å². The third-order valence-electron chi connectivity index (χ3n) is 5.76. The molecule has 0 spiro atoms. The zero-order valence-corrected chi connectivity index (χ0v) is 19.1. The lowest BCUT2D eigenvalue weighted by Gasteiger charge is -2.29. The maximum atomic E-state index is 6.07. The van der Waals surface area contributed by atoms with Crippen molar-refractivity contribution < 1.29 is 0 Å². The van der Waals surface area contributed by atoms with Crippen molar-refractivity contribution >= 4 is 34.6 Å². The number of benzene rings is 1. The van der Waals surface area contributed by atoms with Gasteiger partial charge in [0.25, 0.3) is 0 Å². The topological polar surface area (TPSA) is 46.0 Å². The molecule has 5 rings (SSSR count). The highest BCUT2D eigenvalue weighted by Crippen LogP contribution is 2.42. The number of aryl methyl sites for hydroxylation is 1. The van der Waals surface area contributed by atoms with Crippen molar-refractivity contribution in [3.05, 3.63) is 107 Å². The van der Waals surface area contributed by atoms with Crippen molar-refractivity contribution in [3.8, 4) is 5.82 Å². The Hall–Kier alpha value is -3.22. The molecule has 2 atom stereocenters. The smallest absolute Gasteiger partial charge is 0.174 e. The Labute approximate surface area is 197 Å². The fourth-order valence-corrected chi connectivity index (χ4v) is 4.64. The quantitative estimate of drug-likeness (QED) is 0.390. The average Bonchev–Trinajstić information content (AvgIpc) is 3.44. The van der Waals surface area contributed by atoms with Gasteiger partial charge in [-0.15, -0.1) is 0 Å². The molecule has 7 heteroatoms. The number of pyridine rings is 2. The Morgan fingerprint density at radius 3 is 2.53 bits per heavy atom. The predicted molar refractivity (Wildman–Crippen MR) is 132 cm³/mol. The standard InChI is InChI=1S/C25H22ClN5S/c1-2-17-8-11-19(12-9-17)31-24(23(29-25(31)32)20-6-3-4-14-27-20)21-7-5-15-30(21)22-13-10-18(26)16-28-22/h3-16,23-24H,2H2,1H3,(H,29,32)/t23-,24-/m1/s1. The van der Waals surface area contributed by atoms with E-state index in [0.717, 1.165) is 29.3 Å². The molecule has 0 bridgehead atoms. The van der Waals surface area contributed by atoms with Gasteiger partial charge in [0.05, 0.1) is 16.8 Å². The van der Waals surface area contributed by atoms with E-state index in [-0.39, 0.29) is 12.1 Å². The van der Waals surface area contributed by atoms with Crippen molar-refractivity contribution in [2.24, 2.45) is 0 Å². The number of thiocarbonyl (C=S) groups is 1. The molecule has 4 heterocycles. The molecule has 1 fully saturated rings. The van der Waals surface area contributed by atoms with E-state index in [1.54, 1.807) is 6.20 Å². The van der Waals surface area contributed by atoms with E-state index in [0.29, 0.717) is 10.1 Å². The highest BCUT2D eigenvalue weighted by Gasteiger charge is 2.42. The van der Waals surface area contributed by atoms with Crippen molar-refractivity contribution in [2.75, 3.05) is 4.90 Å². The van der Waals surface area contributed by atoms with Crippen LogP contribution in [0.15, 0.2) is 85.3 Å². The molecule has 1 aromatic carbocycles. The molecule has 1 aliphatic rings. The molecule has 1 aliphatic heterocycles. The molecule has 0 radical (unpaired) electrons. The highest BCUT2D eigenvalue weighted by atomic mass is 35.5. The summed E-state index contributed by atoms with van der Waals surface area (Å²) in [6.45, 7) is 2.16. The first-order valence-corrected chi connectivity index (χ1v) is 11.3. The van der Waals surface area contributed by atoms with E-state index < -0.39 is 0 Å². The summed E-state index contributed by atoms with van der Waals surface area (Å²) in [5.41, 5.74) is 4.32. The minimum atomic E-state index is -0.115. The van der Waals surface area contributed by atoms with Crippen LogP contribution in [-0.2, 0) is 6.42 Å². The van der Waals surface area contributed by atoms with Crippen LogP contribution in [0, 0.1) is 0 Å². The van der Waals surface area contributed by atoms with Crippen LogP contribution >= 0.6 is 23.8 Å². The van der Waals surface area contributed by atoms with E-state index >= 15 is 0 Å². The SMILES string of the molecule is CCc1ccc(N2C(=S)N[C@H](c3ccccn3)[C@H]2c2cccn2-c2ccc(Cl)cn2)cc1. The Kier molecular flexibility index (Phi) is 5.64. The van der Waals surface area contributed by atoms with E-state index in [1.165, 1.54) is 5.56 Å². The Morgan fingerprint density at radius 1 is 1.00 bits per heavy atom. The van der Waals surface area contributed by atoms with Crippen LogP contribution in [-0.4, -0.2) is 19.6 Å². The summed E-state index contributed by atoms with van der Waals surface area (Å²) in [5, 5.41) is 4.79. The van der Waals surface area contributed by atoms with Crippen molar-refractivity contribution in [3.63, 3.8) is 0 Å². The highest BCUT2D eigenvalue weighted by molar-refractivity contribution is 7.80. The molecule has 0 unspecified atom stereocenters. The van der Waals surface area contributed by atoms with E-state index in [1.807, 2.05) is 48.8 Å². The minimum Gasteiger partial charge on any atom is -0.351 e. The number of nitrogens with zero attached hydrogens (tertiary/aromatic N) is 4. The summed E-state index contributed by atoms with van der Waals surface area (Å²) >= 11 is 11.9. The number of nitrogens with one attached hydrogen (secondary N) is 1. The second-order valence-electron chi connectivity index (χ2n) is 7.65. The maximum Gasteiger partial charge on any atom is 0.174 e. The molecule has 5 nitrogen and oxygen atoms in total. The third kappa shape index (κ3) is 3.76. The van der Waals surface area contributed by atoms with Gasteiger partial charge in [-0.3, -0.25) is 4.98 Å². The van der Waals surface area contributed by atoms with Gasteiger partial charge in [-0.05, 0) is 72.7 Å². The number of aromatic nitrogens is 3. The average molecular weight is 460 g/mol. The summed E-state index contributed by atoms with van der Waals surface area (Å²) in [4.78, 5) is 11.3. The Morgan fingerprint density at radius 2 is 1.84 bits per heavy atom. The molecule has 4 aromatic rings. The fourth-order valence-electron chi connectivity index (χ4n) is 4.18. The van der Waals surface area contributed by atoms with E-state index in [4.69, 9.17) is 23.8 Å². The third-order valence-corrected chi connectivity index (χ3v) is 6.30. The van der Waals surface area contributed by atoms with Gasteiger partial charge >= 0.3 is 0 Å². The monoisotopic (exact) mass is 459 g/mol. The second-order valence-corrected chi connectivity index (χ2v) is 8.48. The van der Waals surface area contributed by atoms with Gasteiger partial charge in [-0.2, -0.15) is 0 Å². The zero-order valence-electron chi connectivity index (χ0n) is 17.5. The normalized spacial score (nSPS) is 18.1. The molecule has 0 aliphatic carbocycles. The van der Waals surface area contributed by atoms with Crippen LogP contribution in [0.5, 0.6) is 0 Å². The summed E-state index contributed by atoms with van der Waals surface area (Å²) < 4.78 is 2.08. The zero-order chi connectivity index (χ0) is 22.1. The molecule has 1 saturated heterocycles. The summed E-state index contributed by atoms with van der Waals surface area (Å²) in [6, 6.07) is 22.2. The van der Waals surface area contributed by atoms with Crippen molar-refractivity contribution in [1.29, 1.82) is 0 Å². The molecule has 0 saturated carbocycles. The largest absolute Gasteiger partial charge is 0.351 e. The lowest BCUT2D eigenvalue weighted by atomic mass is 10.0. The molecular formula is C25H22ClN5S. The second kappa shape index (κ2) is 8.73. The van der Waals surface area contributed by atoms with Crippen LogP contribution in [0.2, 0.25) is 5.02 Å². The lowest BCUT2D eigenvalue weighted by Crippen LogP contribution is -2.30. The maximum absolute atomic E-state index is 6.07. The Balaban J connectivity index is 1.64.